The first kappa shape index (κ1) is 31.0. The van der Waals surface area contributed by atoms with Gasteiger partial charge in [-0.1, -0.05) is 90.9 Å². The lowest BCUT2D eigenvalue weighted by Gasteiger charge is -2.18. The van der Waals surface area contributed by atoms with Crippen LogP contribution in [-0.4, -0.2) is 41.5 Å². The van der Waals surface area contributed by atoms with Crippen molar-refractivity contribution in [3.05, 3.63) is 0 Å². The van der Waals surface area contributed by atoms with Gasteiger partial charge in [0.25, 0.3) is 0 Å². The second-order valence-electron chi connectivity index (χ2n) is 8.25. The number of hydrogen-bond donors (Lipinski definition) is 2. The quantitative estimate of drug-likeness (QED) is 0.147. The van der Waals surface area contributed by atoms with Gasteiger partial charge in [0.1, 0.15) is 6.10 Å². The molecule has 0 bridgehead atoms. The summed E-state index contributed by atoms with van der Waals surface area (Å²) in [6, 6.07) is 0. The van der Waals surface area contributed by atoms with Gasteiger partial charge in [-0.05, 0) is 12.8 Å². The van der Waals surface area contributed by atoms with Crippen molar-refractivity contribution in [1.82, 2.24) is 0 Å². The molecule has 8 nitrogen and oxygen atoms in total. The second-order valence-corrected chi connectivity index (χ2v) is 9.77. The molecule has 1 atom stereocenters. The Morgan fingerprint density at radius 2 is 1.09 bits per heavy atom. The Morgan fingerprint density at radius 3 is 1.47 bits per heavy atom. The van der Waals surface area contributed by atoms with Crippen LogP contribution >= 0.6 is 7.82 Å². The number of phosphoric acid groups is 1. The summed E-state index contributed by atoms with van der Waals surface area (Å²) in [7, 11) is -4.51. The fourth-order valence-corrected chi connectivity index (χ4v) is 4.27. The van der Waals surface area contributed by atoms with Gasteiger partial charge < -0.3 is 19.3 Å². The van der Waals surface area contributed by atoms with Crippen LogP contribution in [-0.2, 0) is 27.7 Å². The number of phosphoric ester groups is 1. The Bertz CT molecular complexity index is 490. The Hall–Kier alpha value is -0.950. The molecule has 0 saturated heterocycles. The number of unbranched alkanes of at least 4 members (excludes halogenated alkanes) is 12. The first-order valence-electron chi connectivity index (χ1n) is 12.3. The van der Waals surface area contributed by atoms with Gasteiger partial charge in [-0.15, -0.1) is 0 Å². The predicted octanol–water partition coefficient (Wildman–Crippen LogP) is 5.83. The van der Waals surface area contributed by atoms with Crippen molar-refractivity contribution in [2.75, 3.05) is 13.2 Å². The van der Waals surface area contributed by atoms with Gasteiger partial charge in [0.15, 0.2) is 0 Å². The van der Waals surface area contributed by atoms with Crippen LogP contribution in [0.4, 0.5) is 0 Å². The van der Waals surface area contributed by atoms with E-state index in [4.69, 9.17) is 18.7 Å². The molecule has 190 valence electrons. The summed E-state index contributed by atoms with van der Waals surface area (Å²) < 4.78 is 27.5. The zero-order chi connectivity index (χ0) is 24.1. The first-order chi connectivity index (χ1) is 15.4. The highest BCUT2D eigenvalue weighted by Crippen LogP contribution is 2.50. The molecule has 0 heterocycles. The van der Waals surface area contributed by atoms with Crippen LogP contribution < -0.4 is 0 Å². The molecule has 0 radical (unpaired) electrons. The van der Waals surface area contributed by atoms with E-state index in [1.165, 1.54) is 38.5 Å². The van der Waals surface area contributed by atoms with Gasteiger partial charge in [0.05, 0.1) is 13.2 Å². The molecule has 0 aliphatic rings. The van der Waals surface area contributed by atoms with E-state index in [0.29, 0.717) is 12.8 Å². The van der Waals surface area contributed by atoms with Crippen molar-refractivity contribution >= 4 is 19.8 Å². The lowest BCUT2D eigenvalue weighted by Crippen LogP contribution is -2.20. The van der Waals surface area contributed by atoms with Gasteiger partial charge >= 0.3 is 19.8 Å². The second kappa shape index (κ2) is 20.6. The number of rotatable bonds is 22. The van der Waals surface area contributed by atoms with Crippen LogP contribution in [0.15, 0.2) is 0 Å². The van der Waals surface area contributed by atoms with Crippen LogP contribution in [0.1, 0.15) is 117 Å². The Kier molecular flexibility index (Phi) is 20.0. The molecule has 0 rings (SSSR count). The number of aliphatic hydroxyl groups is 2. The average Bonchev–Trinajstić information content (AvgIpc) is 2.76. The molecule has 0 saturated carbocycles. The molecule has 0 aliphatic carbocycles. The maximum Gasteiger partial charge on any atom is 0.592 e. The molecule has 0 aromatic carbocycles. The summed E-state index contributed by atoms with van der Waals surface area (Å²) in [6.07, 6.45) is 13.0. The monoisotopic (exact) mass is 480 g/mol. The van der Waals surface area contributed by atoms with E-state index in [-0.39, 0.29) is 12.8 Å². The van der Waals surface area contributed by atoms with Crippen molar-refractivity contribution in [2.45, 2.75) is 123 Å². The lowest BCUT2D eigenvalue weighted by atomic mass is 10.1. The summed E-state index contributed by atoms with van der Waals surface area (Å²) >= 11 is 0. The summed E-state index contributed by atoms with van der Waals surface area (Å²) in [5, 5.41) is 18.3. The number of aliphatic hydroxyl groups excluding tert-OH is 2. The summed E-state index contributed by atoms with van der Waals surface area (Å²) in [5.41, 5.74) is 0. The minimum atomic E-state index is -4.51. The van der Waals surface area contributed by atoms with E-state index in [0.717, 1.165) is 38.5 Å². The predicted molar refractivity (Wildman–Crippen MR) is 124 cm³/mol. The van der Waals surface area contributed by atoms with Crippen molar-refractivity contribution in [3.63, 3.8) is 0 Å². The lowest BCUT2D eigenvalue weighted by molar-refractivity contribution is -0.141. The topological polar surface area (TPSA) is 119 Å². The third kappa shape index (κ3) is 18.6. The minimum absolute atomic E-state index is 0.0407. The molecule has 32 heavy (non-hydrogen) atoms. The number of hydrogen-bond acceptors (Lipinski definition) is 8. The minimum Gasteiger partial charge on any atom is -0.394 e. The molecule has 0 amide bonds. The van der Waals surface area contributed by atoms with Gasteiger partial charge in [0, 0.05) is 12.8 Å². The molecular weight excluding hydrogens is 435 g/mol. The molecule has 0 unspecified atom stereocenters. The summed E-state index contributed by atoms with van der Waals surface area (Å²) in [4.78, 5) is 24.2. The van der Waals surface area contributed by atoms with Gasteiger partial charge in [0.2, 0.25) is 0 Å². The Balaban J connectivity index is 4.41. The van der Waals surface area contributed by atoms with E-state index < -0.39 is 39.1 Å². The van der Waals surface area contributed by atoms with Crippen molar-refractivity contribution in [3.8, 4) is 0 Å². The maximum atomic E-state index is 12.8. The molecule has 0 aliphatic heterocycles. The first-order valence-corrected chi connectivity index (χ1v) is 13.8. The fourth-order valence-electron chi connectivity index (χ4n) is 3.09. The third-order valence-corrected chi connectivity index (χ3v) is 6.35. The van der Waals surface area contributed by atoms with E-state index in [1.807, 2.05) is 0 Å². The molecule has 0 aromatic heterocycles. The van der Waals surface area contributed by atoms with Gasteiger partial charge in [-0.3, -0.25) is 14.1 Å². The molecule has 2 N–H and O–H groups in total. The van der Waals surface area contributed by atoms with Crippen molar-refractivity contribution < 1.29 is 37.9 Å². The number of carbonyl (C=O) groups excluding carboxylic acids is 2. The van der Waals surface area contributed by atoms with Gasteiger partial charge in [-0.2, -0.15) is 0 Å². The largest absolute Gasteiger partial charge is 0.592 e. The molecule has 9 heteroatoms. The van der Waals surface area contributed by atoms with Crippen LogP contribution in [0.5, 0.6) is 0 Å². The van der Waals surface area contributed by atoms with Gasteiger partial charge in [-0.25, -0.2) is 4.57 Å². The number of carbonyl (C=O) groups is 2. The normalized spacial score (nSPS) is 12.5. The Labute approximate surface area is 194 Å². The van der Waals surface area contributed by atoms with Crippen molar-refractivity contribution in [2.24, 2.45) is 0 Å². The highest BCUT2D eigenvalue weighted by molar-refractivity contribution is 7.49. The van der Waals surface area contributed by atoms with Crippen molar-refractivity contribution in [1.29, 1.82) is 0 Å². The third-order valence-electron chi connectivity index (χ3n) is 5.03. The molecular formula is C23H45O8P. The zero-order valence-corrected chi connectivity index (χ0v) is 21.0. The molecule has 0 fully saturated rings. The summed E-state index contributed by atoms with van der Waals surface area (Å²) in [5.74, 6) is -1.55. The van der Waals surface area contributed by atoms with Crippen LogP contribution in [0.2, 0.25) is 0 Å². The van der Waals surface area contributed by atoms with E-state index >= 15 is 0 Å². The Morgan fingerprint density at radius 1 is 0.719 bits per heavy atom. The maximum absolute atomic E-state index is 12.8. The standard InChI is InChI=1S/C23H45O8P/c1-3-5-7-9-11-13-15-17-22(26)30-32(28,29-20-21(25)19-24)31-23(27)18-16-14-12-10-8-6-4-2/h21,24-25H,3-20H2,1-2H3/t21-/m1/s1. The molecule has 0 spiro atoms. The zero-order valence-electron chi connectivity index (χ0n) is 20.1. The highest BCUT2D eigenvalue weighted by atomic mass is 31.2. The highest BCUT2D eigenvalue weighted by Gasteiger charge is 2.35. The summed E-state index contributed by atoms with van der Waals surface area (Å²) in [6.45, 7) is 3.09. The van der Waals surface area contributed by atoms with E-state index in [1.54, 1.807) is 0 Å². The average molecular weight is 481 g/mol. The smallest absolute Gasteiger partial charge is 0.394 e. The van der Waals surface area contributed by atoms with Crippen LogP contribution in [0, 0.1) is 0 Å². The van der Waals surface area contributed by atoms with E-state index in [2.05, 4.69) is 13.8 Å². The molecule has 0 aromatic rings. The SMILES string of the molecule is CCCCCCCCCC(=O)OP(=O)(OC[C@H](O)CO)OC(=O)CCCCCCCCC. The van der Waals surface area contributed by atoms with Crippen LogP contribution in [0.3, 0.4) is 0 Å². The van der Waals surface area contributed by atoms with E-state index in [9.17, 15) is 19.3 Å². The van der Waals surface area contributed by atoms with Crippen LogP contribution in [0.25, 0.3) is 0 Å². The fraction of sp³-hybridized carbons (Fsp3) is 0.913.